The lowest BCUT2D eigenvalue weighted by Crippen LogP contribution is -2.18. The standard InChI is InChI=1S/C13H12FNO3S/c1-3-18-13(17)9-6-15-11-8(12(9)16)4-7(19-2)5-10(11)14/h4-6H,3H2,1-2H3,(H,15,16). The summed E-state index contributed by atoms with van der Waals surface area (Å²) in [5.41, 5.74) is -0.551. The van der Waals surface area contributed by atoms with Crippen molar-refractivity contribution in [2.24, 2.45) is 0 Å². The van der Waals surface area contributed by atoms with Gasteiger partial charge < -0.3 is 9.72 Å². The van der Waals surface area contributed by atoms with Crippen LogP contribution in [0.5, 0.6) is 0 Å². The first-order valence-corrected chi connectivity index (χ1v) is 6.87. The normalized spacial score (nSPS) is 10.7. The molecule has 0 saturated heterocycles. The van der Waals surface area contributed by atoms with Gasteiger partial charge in [0.25, 0.3) is 0 Å². The monoisotopic (exact) mass is 281 g/mol. The van der Waals surface area contributed by atoms with Gasteiger partial charge >= 0.3 is 5.97 Å². The summed E-state index contributed by atoms with van der Waals surface area (Å²) in [6, 6.07) is 2.90. The predicted molar refractivity (Wildman–Crippen MR) is 72.3 cm³/mol. The number of rotatable bonds is 3. The zero-order valence-electron chi connectivity index (χ0n) is 10.5. The fourth-order valence-corrected chi connectivity index (χ4v) is 2.20. The molecule has 2 rings (SSSR count). The molecule has 0 unspecified atom stereocenters. The summed E-state index contributed by atoms with van der Waals surface area (Å²) in [7, 11) is 0. The molecule has 1 aromatic carbocycles. The van der Waals surface area contributed by atoms with Crippen molar-refractivity contribution in [2.45, 2.75) is 11.8 Å². The molecule has 1 heterocycles. The van der Waals surface area contributed by atoms with Crippen LogP contribution in [0, 0.1) is 5.82 Å². The van der Waals surface area contributed by atoms with Crippen molar-refractivity contribution >= 4 is 28.6 Å². The van der Waals surface area contributed by atoms with Crippen molar-refractivity contribution < 1.29 is 13.9 Å². The third-order valence-corrected chi connectivity index (χ3v) is 3.35. The smallest absolute Gasteiger partial charge is 0.343 e. The lowest BCUT2D eigenvalue weighted by atomic mass is 10.1. The summed E-state index contributed by atoms with van der Waals surface area (Å²) in [5.74, 6) is -1.23. The molecule has 0 atom stereocenters. The highest BCUT2D eigenvalue weighted by Crippen LogP contribution is 2.22. The van der Waals surface area contributed by atoms with Crippen LogP contribution < -0.4 is 5.43 Å². The largest absolute Gasteiger partial charge is 0.462 e. The number of halogens is 1. The SMILES string of the molecule is CCOC(=O)c1c[nH]c2c(F)cc(SC)cc2c1=O. The first-order chi connectivity index (χ1) is 9.08. The summed E-state index contributed by atoms with van der Waals surface area (Å²) >= 11 is 1.32. The molecule has 4 nitrogen and oxygen atoms in total. The van der Waals surface area contributed by atoms with Gasteiger partial charge in [-0.2, -0.15) is 0 Å². The molecule has 6 heteroatoms. The number of carbonyl (C=O) groups is 1. The first-order valence-electron chi connectivity index (χ1n) is 5.64. The summed E-state index contributed by atoms with van der Waals surface area (Å²) in [4.78, 5) is 27.0. The van der Waals surface area contributed by atoms with Gasteiger partial charge in [0, 0.05) is 11.1 Å². The van der Waals surface area contributed by atoms with E-state index in [9.17, 15) is 14.0 Å². The van der Waals surface area contributed by atoms with Crippen molar-refractivity contribution in [1.29, 1.82) is 0 Å². The topological polar surface area (TPSA) is 59.2 Å². The molecule has 100 valence electrons. The third-order valence-electron chi connectivity index (χ3n) is 2.64. The van der Waals surface area contributed by atoms with Crippen LogP contribution in [0.3, 0.4) is 0 Å². The molecule has 1 N–H and O–H groups in total. The van der Waals surface area contributed by atoms with Gasteiger partial charge in [0.1, 0.15) is 11.4 Å². The third kappa shape index (κ3) is 2.49. The highest BCUT2D eigenvalue weighted by molar-refractivity contribution is 7.98. The molecule has 19 heavy (non-hydrogen) atoms. The van der Waals surface area contributed by atoms with Gasteiger partial charge in [-0.05, 0) is 25.3 Å². The summed E-state index contributed by atoms with van der Waals surface area (Å²) in [6.45, 7) is 1.83. The molecule has 0 bridgehead atoms. The lowest BCUT2D eigenvalue weighted by Gasteiger charge is -2.05. The van der Waals surface area contributed by atoms with Gasteiger partial charge in [0.2, 0.25) is 5.43 Å². The lowest BCUT2D eigenvalue weighted by molar-refractivity contribution is 0.0524. The second kappa shape index (κ2) is 5.44. The Morgan fingerprint density at radius 3 is 2.84 bits per heavy atom. The first kappa shape index (κ1) is 13.6. The molecule has 0 amide bonds. The minimum atomic E-state index is -0.708. The second-order valence-electron chi connectivity index (χ2n) is 3.78. The number of aromatic amines is 1. The molecular formula is C13H12FNO3S. The van der Waals surface area contributed by atoms with E-state index in [-0.39, 0.29) is 23.1 Å². The van der Waals surface area contributed by atoms with E-state index >= 15 is 0 Å². The van der Waals surface area contributed by atoms with E-state index in [0.29, 0.717) is 4.90 Å². The minimum Gasteiger partial charge on any atom is -0.462 e. The molecule has 2 aromatic rings. The minimum absolute atomic E-state index is 0.0934. The zero-order valence-corrected chi connectivity index (χ0v) is 11.3. The van der Waals surface area contributed by atoms with Crippen LogP contribution in [0.1, 0.15) is 17.3 Å². The average Bonchev–Trinajstić information content (AvgIpc) is 2.39. The number of thioether (sulfide) groups is 1. The van der Waals surface area contributed by atoms with Crippen molar-refractivity contribution in [3.05, 3.63) is 39.9 Å². The Labute approximate surface area is 113 Å². The van der Waals surface area contributed by atoms with Crippen LogP contribution in [0.25, 0.3) is 10.9 Å². The predicted octanol–water partition coefficient (Wildman–Crippen LogP) is 2.57. The number of aromatic nitrogens is 1. The Morgan fingerprint density at radius 1 is 1.47 bits per heavy atom. The van der Waals surface area contributed by atoms with E-state index in [2.05, 4.69) is 4.98 Å². The fourth-order valence-electron chi connectivity index (χ4n) is 1.74. The average molecular weight is 281 g/mol. The number of carbonyl (C=O) groups excluding carboxylic acids is 1. The van der Waals surface area contributed by atoms with Gasteiger partial charge in [-0.3, -0.25) is 4.79 Å². The van der Waals surface area contributed by atoms with E-state index < -0.39 is 17.2 Å². The van der Waals surface area contributed by atoms with Crippen molar-refractivity contribution in [2.75, 3.05) is 12.9 Å². The van der Waals surface area contributed by atoms with E-state index in [4.69, 9.17) is 4.74 Å². The number of esters is 1. The summed E-state index contributed by atoms with van der Waals surface area (Å²) in [5, 5.41) is 0.148. The number of pyridine rings is 1. The van der Waals surface area contributed by atoms with Crippen LogP contribution >= 0.6 is 11.8 Å². The highest BCUT2D eigenvalue weighted by atomic mass is 32.2. The Balaban J connectivity index is 2.70. The number of fused-ring (bicyclic) bond motifs is 1. The molecule has 1 aromatic heterocycles. The molecule has 0 radical (unpaired) electrons. The Kier molecular flexibility index (Phi) is 3.90. The Morgan fingerprint density at radius 2 is 2.21 bits per heavy atom. The van der Waals surface area contributed by atoms with Crippen LogP contribution in [-0.4, -0.2) is 23.8 Å². The van der Waals surface area contributed by atoms with E-state index in [1.165, 1.54) is 24.0 Å². The van der Waals surface area contributed by atoms with Crippen LogP contribution in [0.2, 0.25) is 0 Å². The number of nitrogens with one attached hydrogen (secondary N) is 1. The second-order valence-corrected chi connectivity index (χ2v) is 4.66. The molecule has 0 fully saturated rings. The van der Waals surface area contributed by atoms with Gasteiger partial charge in [0.05, 0.1) is 17.5 Å². The van der Waals surface area contributed by atoms with Gasteiger partial charge in [-0.25, -0.2) is 9.18 Å². The number of ether oxygens (including phenoxy) is 1. The molecule has 0 aliphatic rings. The van der Waals surface area contributed by atoms with Crippen LogP contribution in [0.4, 0.5) is 4.39 Å². The van der Waals surface area contributed by atoms with Crippen LogP contribution in [0.15, 0.2) is 28.0 Å². The molecule has 0 aliphatic carbocycles. The quantitative estimate of drug-likeness (QED) is 0.694. The van der Waals surface area contributed by atoms with Gasteiger partial charge in [-0.15, -0.1) is 11.8 Å². The molecule has 0 saturated carbocycles. The molecule has 0 aliphatic heterocycles. The van der Waals surface area contributed by atoms with Crippen molar-refractivity contribution in [3.8, 4) is 0 Å². The number of hydrogen-bond acceptors (Lipinski definition) is 4. The Bertz CT molecular complexity index is 696. The summed E-state index contributed by atoms with van der Waals surface area (Å²) < 4.78 is 18.6. The number of H-pyrrole nitrogens is 1. The van der Waals surface area contributed by atoms with E-state index in [1.807, 2.05) is 0 Å². The maximum absolute atomic E-state index is 13.8. The molecular weight excluding hydrogens is 269 g/mol. The van der Waals surface area contributed by atoms with Crippen molar-refractivity contribution in [1.82, 2.24) is 4.98 Å². The zero-order chi connectivity index (χ0) is 14.0. The van der Waals surface area contributed by atoms with Gasteiger partial charge in [-0.1, -0.05) is 0 Å². The summed E-state index contributed by atoms with van der Waals surface area (Å²) in [6.07, 6.45) is 2.97. The number of benzene rings is 1. The van der Waals surface area contributed by atoms with Crippen molar-refractivity contribution in [3.63, 3.8) is 0 Å². The Hall–Kier alpha value is -1.82. The number of hydrogen-bond donors (Lipinski definition) is 1. The molecule has 0 spiro atoms. The van der Waals surface area contributed by atoms with Gasteiger partial charge in [0.15, 0.2) is 0 Å². The van der Waals surface area contributed by atoms with Crippen LogP contribution in [-0.2, 0) is 4.74 Å². The highest BCUT2D eigenvalue weighted by Gasteiger charge is 2.16. The fraction of sp³-hybridized carbons (Fsp3) is 0.231. The maximum Gasteiger partial charge on any atom is 0.343 e. The maximum atomic E-state index is 13.8. The van der Waals surface area contributed by atoms with E-state index in [0.717, 1.165) is 0 Å². The van der Waals surface area contributed by atoms with E-state index in [1.54, 1.807) is 19.2 Å².